The molecule has 17 heavy (non-hydrogen) atoms. The fourth-order valence-electron chi connectivity index (χ4n) is 1.20. The van der Waals surface area contributed by atoms with Gasteiger partial charge in [-0.25, -0.2) is 0 Å². The Morgan fingerprint density at radius 1 is 1.41 bits per heavy atom. The summed E-state index contributed by atoms with van der Waals surface area (Å²) in [6.45, 7) is 0.501. The highest BCUT2D eigenvalue weighted by molar-refractivity contribution is 7.87. The summed E-state index contributed by atoms with van der Waals surface area (Å²) in [5.74, 6) is 0. The largest absolute Gasteiger partial charge is 0.396 e. The van der Waals surface area contributed by atoms with E-state index < -0.39 is 10.2 Å². The lowest BCUT2D eigenvalue weighted by Crippen LogP contribution is -2.38. The first-order chi connectivity index (χ1) is 8.06. The minimum atomic E-state index is -3.48. The van der Waals surface area contributed by atoms with Crippen molar-refractivity contribution in [2.45, 2.75) is 13.0 Å². The van der Waals surface area contributed by atoms with Crippen LogP contribution in [0.1, 0.15) is 12.0 Å². The zero-order chi connectivity index (χ0) is 12.7. The van der Waals surface area contributed by atoms with E-state index in [1.54, 1.807) is 24.5 Å². The molecule has 0 fully saturated rings. The average molecular weight is 259 g/mol. The molecule has 0 amide bonds. The molecule has 0 bridgehead atoms. The minimum absolute atomic E-state index is 0.0236. The second-order valence-electron chi connectivity index (χ2n) is 3.58. The number of pyridine rings is 1. The van der Waals surface area contributed by atoms with Crippen LogP contribution in [0.25, 0.3) is 0 Å². The Bertz CT molecular complexity index is 422. The predicted octanol–water partition coefficient (Wildman–Crippen LogP) is -0.270. The van der Waals surface area contributed by atoms with E-state index in [1.807, 2.05) is 0 Å². The van der Waals surface area contributed by atoms with Gasteiger partial charge >= 0.3 is 0 Å². The molecule has 0 radical (unpaired) electrons. The van der Waals surface area contributed by atoms with Crippen molar-refractivity contribution in [1.82, 2.24) is 14.0 Å². The van der Waals surface area contributed by atoms with Crippen LogP contribution in [0.2, 0.25) is 0 Å². The van der Waals surface area contributed by atoms with Crippen molar-refractivity contribution in [3.8, 4) is 0 Å². The molecule has 6 nitrogen and oxygen atoms in total. The standard InChI is InChI=1S/C10H17N3O3S/c1-13(7-2-8-14)17(15,16)12-9-10-3-5-11-6-4-10/h3-6,12,14H,2,7-9H2,1H3. The highest BCUT2D eigenvalue weighted by Crippen LogP contribution is 2.00. The van der Waals surface area contributed by atoms with Gasteiger partial charge in [-0.05, 0) is 24.1 Å². The van der Waals surface area contributed by atoms with Crippen molar-refractivity contribution in [2.75, 3.05) is 20.2 Å². The minimum Gasteiger partial charge on any atom is -0.396 e. The molecule has 1 aromatic rings. The van der Waals surface area contributed by atoms with E-state index in [9.17, 15) is 8.42 Å². The molecule has 0 aliphatic rings. The number of hydrogen-bond acceptors (Lipinski definition) is 4. The van der Waals surface area contributed by atoms with E-state index in [2.05, 4.69) is 9.71 Å². The van der Waals surface area contributed by atoms with Gasteiger partial charge in [-0.15, -0.1) is 0 Å². The molecule has 0 aromatic carbocycles. The van der Waals surface area contributed by atoms with E-state index >= 15 is 0 Å². The molecule has 1 aromatic heterocycles. The van der Waals surface area contributed by atoms with Crippen LogP contribution in [0, 0.1) is 0 Å². The zero-order valence-electron chi connectivity index (χ0n) is 9.70. The van der Waals surface area contributed by atoms with Crippen molar-refractivity contribution >= 4 is 10.2 Å². The van der Waals surface area contributed by atoms with Gasteiger partial charge in [-0.2, -0.15) is 17.4 Å². The number of hydrogen-bond donors (Lipinski definition) is 2. The number of nitrogens with one attached hydrogen (secondary N) is 1. The third-order valence-corrected chi connectivity index (χ3v) is 3.76. The van der Waals surface area contributed by atoms with Gasteiger partial charge in [0.2, 0.25) is 0 Å². The summed E-state index contributed by atoms with van der Waals surface area (Å²) in [5.41, 5.74) is 0.846. The lowest BCUT2D eigenvalue weighted by molar-refractivity contribution is 0.275. The summed E-state index contributed by atoms with van der Waals surface area (Å²) in [6.07, 6.45) is 3.64. The summed E-state index contributed by atoms with van der Waals surface area (Å²) in [4.78, 5) is 3.85. The SMILES string of the molecule is CN(CCCO)S(=O)(=O)NCc1ccncc1. The third kappa shape index (κ3) is 4.78. The van der Waals surface area contributed by atoms with Crippen LogP contribution in [0.15, 0.2) is 24.5 Å². The lowest BCUT2D eigenvalue weighted by Gasteiger charge is -2.17. The second-order valence-corrected chi connectivity index (χ2v) is 5.44. The molecular weight excluding hydrogens is 242 g/mol. The number of aromatic nitrogens is 1. The van der Waals surface area contributed by atoms with Gasteiger partial charge in [0, 0.05) is 39.1 Å². The summed E-state index contributed by atoms with van der Waals surface area (Å²) in [7, 11) is -2.00. The molecule has 0 aliphatic heterocycles. The van der Waals surface area contributed by atoms with Crippen LogP contribution in [-0.4, -0.2) is 43.0 Å². The molecule has 7 heteroatoms. The molecule has 0 aliphatic carbocycles. The molecule has 0 saturated heterocycles. The molecule has 0 unspecified atom stereocenters. The molecule has 2 N–H and O–H groups in total. The highest BCUT2D eigenvalue weighted by Gasteiger charge is 2.15. The van der Waals surface area contributed by atoms with Gasteiger partial charge in [0.1, 0.15) is 0 Å². The predicted molar refractivity (Wildman–Crippen MR) is 64.3 cm³/mol. The average Bonchev–Trinajstić information content (AvgIpc) is 2.35. The molecule has 1 heterocycles. The number of rotatable bonds is 7. The first-order valence-corrected chi connectivity index (χ1v) is 6.71. The van der Waals surface area contributed by atoms with Crippen molar-refractivity contribution < 1.29 is 13.5 Å². The monoisotopic (exact) mass is 259 g/mol. The van der Waals surface area contributed by atoms with Gasteiger partial charge in [0.25, 0.3) is 10.2 Å². The molecular formula is C10H17N3O3S. The topological polar surface area (TPSA) is 82.5 Å². The molecule has 0 atom stereocenters. The summed E-state index contributed by atoms with van der Waals surface area (Å²) < 4.78 is 27.1. The normalized spacial score (nSPS) is 11.9. The van der Waals surface area contributed by atoms with Gasteiger partial charge in [0.05, 0.1) is 0 Å². The molecule has 0 saturated carbocycles. The molecule has 96 valence electrons. The van der Waals surface area contributed by atoms with Crippen molar-refractivity contribution in [3.05, 3.63) is 30.1 Å². The Labute approximate surface area is 101 Å². The summed E-state index contributed by atoms with van der Waals surface area (Å²) in [6, 6.07) is 3.49. The van der Waals surface area contributed by atoms with Gasteiger partial charge < -0.3 is 5.11 Å². The van der Waals surface area contributed by atoms with Crippen molar-refractivity contribution in [2.24, 2.45) is 0 Å². The number of nitrogens with zero attached hydrogens (tertiary/aromatic N) is 2. The fraction of sp³-hybridized carbons (Fsp3) is 0.500. The maximum absolute atomic E-state index is 11.7. The van der Waals surface area contributed by atoms with E-state index in [-0.39, 0.29) is 13.2 Å². The van der Waals surface area contributed by atoms with Crippen LogP contribution in [0.3, 0.4) is 0 Å². The lowest BCUT2D eigenvalue weighted by atomic mass is 10.3. The van der Waals surface area contributed by atoms with Crippen LogP contribution in [-0.2, 0) is 16.8 Å². The van der Waals surface area contributed by atoms with Gasteiger partial charge in [-0.3, -0.25) is 4.98 Å². The highest BCUT2D eigenvalue weighted by atomic mass is 32.2. The maximum atomic E-state index is 11.7. The van der Waals surface area contributed by atoms with Crippen LogP contribution in [0.4, 0.5) is 0 Å². The van der Waals surface area contributed by atoms with E-state index in [4.69, 9.17) is 5.11 Å². The Hall–Kier alpha value is -1.02. The van der Waals surface area contributed by atoms with Crippen LogP contribution < -0.4 is 4.72 Å². The Balaban J connectivity index is 2.50. The number of aliphatic hydroxyl groups is 1. The Kier molecular flexibility index (Phi) is 5.49. The van der Waals surface area contributed by atoms with Crippen molar-refractivity contribution in [1.29, 1.82) is 0 Å². The van der Waals surface area contributed by atoms with Crippen molar-refractivity contribution in [3.63, 3.8) is 0 Å². The van der Waals surface area contributed by atoms with Gasteiger partial charge in [-0.1, -0.05) is 0 Å². The number of aliphatic hydroxyl groups excluding tert-OH is 1. The van der Waals surface area contributed by atoms with E-state index in [0.29, 0.717) is 13.0 Å². The summed E-state index contributed by atoms with van der Waals surface area (Å²) >= 11 is 0. The van der Waals surface area contributed by atoms with Gasteiger partial charge in [0.15, 0.2) is 0 Å². The Morgan fingerprint density at radius 3 is 2.65 bits per heavy atom. The molecule has 0 spiro atoms. The fourth-order valence-corrected chi connectivity index (χ4v) is 2.14. The first kappa shape index (κ1) is 14.0. The maximum Gasteiger partial charge on any atom is 0.279 e. The van der Waals surface area contributed by atoms with Crippen LogP contribution >= 0.6 is 0 Å². The van der Waals surface area contributed by atoms with E-state index in [0.717, 1.165) is 5.56 Å². The first-order valence-electron chi connectivity index (χ1n) is 5.27. The smallest absolute Gasteiger partial charge is 0.279 e. The third-order valence-electron chi connectivity index (χ3n) is 2.25. The Morgan fingerprint density at radius 2 is 2.06 bits per heavy atom. The molecule has 1 rings (SSSR count). The second kappa shape index (κ2) is 6.65. The summed E-state index contributed by atoms with van der Waals surface area (Å²) in [5, 5.41) is 8.64. The zero-order valence-corrected chi connectivity index (χ0v) is 10.5. The van der Waals surface area contributed by atoms with E-state index in [1.165, 1.54) is 11.4 Å². The van der Waals surface area contributed by atoms with Crippen LogP contribution in [0.5, 0.6) is 0 Å². The quantitative estimate of drug-likeness (QED) is 0.706.